The van der Waals surface area contributed by atoms with Gasteiger partial charge in [0.05, 0.1) is 25.1 Å². The van der Waals surface area contributed by atoms with Gasteiger partial charge in [0.1, 0.15) is 5.69 Å². The molecule has 0 aliphatic rings. The van der Waals surface area contributed by atoms with Crippen molar-refractivity contribution in [2.45, 2.75) is 13.3 Å². The second-order valence-electron chi connectivity index (χ2n) is 4.37. The molecular weight excluding hydrogens is 258 g/mol. The lowest BCUT2D eigenvalue weighted by atomic mass is 10.3. The molecule has 1 aromatic rings. The SMILES string of the molecule is CCCNc1ccc(C(=O)N(CCO)CCOC)nc1. The summed E-state index contributed by atoms with van der Waals surface area (Å²) in [7, 11) is 1.58. The first-order valence-electron chi connectivity index (χ1n) is 6.82. The first-order valence-corrected chi connectivity index (χ1v) is 6.82. The van der Waals surface area contributed by atoms with Gasteiger partial charge >= 0.3 is 0 Å². The summed E-state index contributed by atoms with van der Waals surface area (Å²) in [5.41, 5.74) is 1.27. The number of methoxy groups -OCH3 is 1. The summed E-state index contributed by atoms with van der Waals surface area (Å²) < 4.78 is 4.96. The molecule has 1 rings (SSSR count). The van der Waals surface area contributed by atoms with Gasteiger partial charge in [-0.05, 0) is 18.6 Å². The number of carbonyl (C=O) groups is 1. The summed E-state index contributed by atoms with van der Waals surface area (Å²) in [6.45, 7) is 4.03. The minimum absolute atomic E-state index is 0.0778. The molecule has 20 heavy (non-hydrogen) atoms. The van der Waals surface area contributed by atoms with Crippen LogP contribution in [-0.2, 0) is 4.74 Å². The van der Waals surface area contributed by atoms with Crippen LogP contribution in [0.2, 0.25) is 0 Å². The maximum absolute atomic E-state index is 12.2. The molecule has 0 saturated carbocycles. The van der Waals surface area contributed by atoms with E-state index in [-0.39, 0.29) is 19.1 Å². The summed E-state index contributed by atoms with van der Waals surface area (Å²) in [6.07, 6.45) is 2.68. The third-order valence-corrected chi connectivity index (χ3v) is 2.78. The zero-order valence-electron chi connectivity index (χ0n) is 12.1. The number of rotatable bonds is 9. The number of aromatic nitrogens is 1. The van der Waals surface area contributed by atoms with Crippen LogP contribution in [0.1, 0.15) is 23.8 Å². The number of amides is 1. The minimum Gasteiger partial charge on any atom is -0.395 e. The third-order valence-electron chi connectivity index (χ3n) is 2.78. The van der Waals surface area contributed by atoms with Crippen LogP contribution in [0, 0.1) is 0 Å². The van der Waals surface area contributed by atoms with E-state index in [0.717, 1.165) is 18.7 Å². The average molecular weight is 281 g/mol. The Bertz CT molecular complexity index is 395. The molecule has 112 valence electrons. The van der Waals surface area contributed by atoms with Gasteiger partial charge in [0.15, 0.2) is 0 Å². The quantitative estimate of drug-likeness (QED) is 0.706. The summed E-state index contributed by atoms with van der Waals surface area (Å²) >= 11 is 0. The zero-order valence-corrected chi connectivity index (χ0v) is 12.1. The van der Waals surface area contributed by atoms with E-state index >= 15 is 0 Å². The molecule has 0 fully saturated rings. The minimum atomic E-state index is -0.196. The van der Waals surface area contributed by atoms with E-state index in [2.05, 4.69) is 17.2 Å². The standard InChI is InChI=1S/C14H23N3O3/c1-3-6-15-12-4-5-13(16-11-12)14(19)17(7-9-18)8-10-20-2/h4-5,11,15,18H,3,6-10H2,1-2H3. The Morgan fingerprint density at radius 1 is 1.45 bits per heavy atom. The molecule has 0 spiro atoms. The van der Waals surface area contributed by atoms with Crippen LogP contribution in [0.5, 0.6) is 0 Å². The van der Waals surface area contributed by atoms with Crippen molar-refractivity contribution in [1.82, 2.24) is 9.88 Å². The van der Waals surface area contributed by atoms with Crippen molar-refractivity contribution in [3.63, 3.8) is 0 Å². The molecule has 1 heterocycles. The maximum Gasteiger partial charge on any atom is 0.272 e. The van der Waals surface area contributed by atoms with E-state index in [4.69, 9.17) is 9.84 Å². The Morgan fingerprint density at radius 2 is 2.25 bits per heavy atom. The lowest BCUT2D eigenvalue weighted by Crippen LogP contribution is -2.36. The highest BCUT2D eigenvalue weighted by molar-refractivity contribution is 5.92. The van der Waals surface area contributed by atoms with Crippen LogP contribution < -0.4 is 5.32 Å². The highest BCUT2D eigenvalue weighted by atomic mass is 16.5. The topological polar surface area (TPSA) is 74.7 Å². The van der Waals surface area contributed by atoms with Gasteiger partial charge in [0, 0.05) is 26.7 Å². The second kappa shape index (κ2) is 9.28. The van der Waals surface area contributed by atoms with E-state index < -0.39 is 0 Å². The van der Waals surface area contributed by atoms with E-state index in [1.165, 1.54) is 4.90 Å². The predicted molar refractivity (Wildman–Crippen MR) is 77.9 cm³/mol. The van der Waals surface area contributed by atoms with Crippen molar-refractivity contribution in [1.29, 1.82) is 0 Å². The van der Waals surface area contributed by atoms with Crippen molar-refractivity contribution < 1.29 is 14.6 Å². The number of aliphatic hydroxyl groups excluding tert-OH is 1. The van der Waals surface area contributed by atoms with Crippen molar-refractivity contribution >= 4 is 11.6 Å². The fourth-order valence-corrected chi connectivity index (χ4v) is 1.69. The molecule has 2 N–H and O–H groups in total. The first-order chi connectivity index (χ1) is 9.72. The summed E-state index contributed by atoms with van der Waals surface area (Å²) in [5.74, 6) is -0.196. The number of hydrogen-bond donors (Lipinski definition) is 2. The smallest absolute Gasteiger partial charge is 0.272 e. The van der Waals surface area contributed by atoms with Gasteiger partial charge in [-0.1, -0.05) is 6.92 Å². The number of anilines is 1. The summed E-state index contributed by atoms with van der Waals surface area (Å²) in [5, 5.41) is 12.2. The molecule has 0 bridgehead atoms. The molecule has 0 radical (unpaired) electrons. The van der Waals surface area contributed by atoms with Gasteiger partial charge in [-0.2, -0.15) is 0 Å². The molecule has 0 aliphatic heterocycles. The van der Waals surface area contributed by atoms with E-state index in [9.17, 15) is 4.79 Å². The molecule has 1 amide bonds. The Morgan fingerprint density at radius 3 is 2.80 bits per heavy atom. The molecule has 1 aromatic heterocycles. The third kappa shape index (κ3) is 5.14. The number of aliphatic hydroxyl groups is 1. The summed E-state index contributed by atoms with van der Waals surface area (Å²) in [6, 6.07) is 3.53. The van der Waals surface area contributed by atoms with Crippen molar-refractivity contribution in [2.75, 3.05) is 45.3 Å². The number of pyridine rings is 1. The van der Waals surface area contributed by atoms with Crippen LogP contribution in [0.25, 0.3) is 0 Å². The monoisotopic (exact) mass is 281 g/mol. The fourth-order valence-electron chi connectivity index (χ4n) is 1.69. The molecular formula is C14H23N3O3. The van der Waals surface area contributed by atoms with Crippen LogP contribution in [0.15, 0.2) is 18.3 Å². The van der Waals surface area contributed by atoms with Gasteiger partial charge in [0.25, 0.3) is 5.91 Å². The maximum atomic E-state index is 12.2. The Balaban J connectivity index is 2.67. The number of nitrogens with zero attached hydrogens (tertiary/aromatic N) is 2. The van der Waals surface area contributed by atoms with Crippen LogP contribution in [-0.4, -0.2) is 60.9 Å². The molecule has 6 heteroatoms. The number of hydrogen-bond acceptors (Lipinski definition) is 5. The lowest BCUT2D eigenvalue weighted by Gasteiger charge is -2.20. The van der Waals surface area contributed by atoms with E-state index in [1.54, 1.807) is 19.4 Å². The van der Waals surface area contributed by atoms with Crippen molar-refractivity contribution in [2.24, 2.45) is 0 Å². The van der Waals surface area contributed by atoms with E-state index in [1.807, 2.05) is 6.07 Å². The van der Waals surface area contributed by atoms with E-state index in [0.29, 0.717) is 18.8 Å². The van der Waals surface area contributed by atoms with Gasteiger partial charge in [0.2, 0.25) is 0 Å². The first kappa shape index (κ1) is 16.4. The van der Waals surface area contributed by atoms with Gasteiger partial charge < -0.3 is 20.1 Å². The van der Waals surface area contributed by atoms with Gasteiger partial charge in [-0.3, -0.25) is 4.79 Å². The predicted octanol–water partition coefficient (Wildman–Crippen LogP) is 0.984. The number of nitrogens with one attached hydrogen (secondary N) is 1. The number of ether oxygens (including phenoxy) is 1. The Kier molecular flexibility index (Phi) is 7.60. The molecule has 0 aromatic carbocycles. The second-order valence-corrected chi connectivity index (χ2v) is 4.37. The van der Waals surface area contributed by atoms with Crippen LogP contribution in [0.3, 0.4) is 0 Å². The number of carbonyl (C=O) groups excluding carboxylic acids is 1. The lowest BCUT2D eigenvalue weighted by molar-refractivity contribution is 0.0651. The van der Waals surface area contributed by atoms with Crippen LogP contribution >= 0.6 is 0 Å². The average Bonchev–Trinajstić information content (AvgIpc) is 2.49. The molecule has 6 nitrogen and oxygen atoms in total. The normalized spacial score (nSPS) is 10.3. The van der Waals surface area contributed by atoms with Crippen molar-refractivity contribution in [3.8, 4) is 0 Å². The van der Waals surface area contributed by atoms with Crippen molar-refractivity contribution in [3.05, 3.63) is 24.0 Å². The van der Waals surface area contributed by atoms with Gasteiger partial charge in [-0.25, -0.2) is 4.98 Å². The zero-order chi connectivity index (χ0) is 14.8. The largest absolute Gasteiger partial charge is 0.395 e. The molecule has 0 unspecified atom stereocenters. The Hall–Kier alpha value is -1.66. The molecule has 0 saturated heterocycles. The van der Waals surface area contributed by atoms with Crippen LogP contribution in [0.4, 0.5) is 5.69 Å². The van der Waals surface area contributed by atoms with Gasteiger partial charge in [-0.15, -0.1) is 0 Å². The highest BCUT2D eigenvalue weighted by Gasteiger charge is 2.16. The summed E-state index contributed by atoms with van der Waals surface area (Å²) in [4.78, 5) is 17.9. The Labute approximate surface area is 119 Å². The highest BCUT2D eigenvalue weighted by Crippen LogP contribution is 2.08. The molecule has 0 atom stereocenters. The fraction of sp³-hybridized carbons (Fsp3) is 0.571. The molecule has 0 aliphatic carbocycles.